The van der Waals surface area contributed by atoms with Gasteiger partial charge in [0.1, 0.15) is 0 Å². The number of amides is 1. The molecule has 11 heteroatoms. The average Bonchev–Trinajstić information content (AvgIpc) is 3.23. The summed E-state index contributed by atoms with van der Waals surface area (Å²) in [6.07, 6.45) is 7.02. The van der Waals surface area contributed by atoms with Crippen LogP contribution in [0, 0.1) is 0 Å². The van der Waals surface area contributed by atoms with E-state index in [9.17, 15) is 13.2 Å². The molecule has 0 aliphatic heterocycles. The fourth-order valence-electron chi connectivity index (χ4n) is 3.51. The van der Waals surface area contributed by atoms with Crippen LogP contribution in [0.15, 0.2) is 58.6 Å². The molecular formula is C24H30ClN5O3S2. The van der Waals surface area contributed by atoms with Gasteiger partial charge < -0.3 is 9.88 Å². The summed E-state index contributed by atoms with van der Waals surface area (Å²) in [7, 11) is -3.78. The van der Waals surface area contributed by atoms with Gasteiger partial charge in [0.05, 0.1) is 10.6 Å². The molecule has 1 heterocycles. The number of aromatic nitrogens is 3. The lowest BCUT2D eigenvalue weighted by molar-refractivity contribution is -0.113. The van der Waals surface area contributed by atoms with Crippen molar-refractivity contribution in [1.82, 2.24) is 14.8 Å². The van der Waals surface area contributed by atoms with Gasteiger partial charge in [0.2, 0.25) is 15.9 Å². The number of nitrogens with one attached hydrogen (secondary N) is 1. The van der Waals surface area contributed by atoms with E-state index in [0.29, 0.717) is 15.9 Å². The Morgan fingerprint density at radius 1 is 1.00 bits per heavy atom. The van der Waals surface area contributed by atoms with Gasteiger partial charge in [-0.3, -0.25) is 4.79 Å². The molecule has 3 aromatic rings. The van der Waals surface area contributed by atoms with Crippen molar-refractivity contribution in [1.29, 1.82) is 0 Å². The van der Waals surface area contributed by atoms with Crippen LogP contribution in [0.5, 0.6) is 0 Å². The maximum atomic E-state index is 12.5. The molecule has 0 aliphatic carbocycles. The van der Waals surface area contributed by atoms with Gasteiger partial charge in [0.15, 0.2) is 11.0 Å². The van der Waals surface area contributed by atoms with Crippen LogP contribution in [-0.4, -0.2) is 34.8 Å². The SMILES string of the molecule is CCCCCCCCn1c(SCC(=O)Nc2ccc(S(N)(=O)=O)cc2)nnc1-c1ccc(Cl)cc1. The number of thioether (sulfide) groups is 1. The number of rotatable bonds is 13. The first-order chi connectivity index (χ1) is 16.8. The van der Waals surface area contributed by atoms with Gasteiger partial charge in [-0.05, 0) is 55.0 Å². The lowest BCUT2D eigenvalue weighted by Gasteiger charge is -2.11. The lowest BCUT2D eigenvalue weighted by Crippen LogP contribution is -2.15. The number of unbranched alkanes of at least 4 members (excludes halogenated alkanes) is 5. The van der Waals surface area contributed by atoms with Crippen molar-refractivity contribution < 1.29 is 13.2 Å². The van der Waals surface area contributed by atoms with Crippen molar-refractivity contribution in [2.24, 2.45) is 5.14 Å². The minimum Gasteiger partial charge on any atom is -0.325 e. The van der Waals surface area contributed by atoms with Crippen LogP contribution in [0.4, 0.5) is 5.69 Å². The number of nitrogens with two attached hydrogens (primary N) is 1. The second-order valence-corrected chi connectivity index (χ2v) is 11.1. The Labute approximate surface area is 215 Å². The molecule has 0 saturated heterocycles. The maximum absolute atomic E-state index is 12.5. The van der Waals surface area contributed by atoms with Crippen molar-refractivity contribution in [3.8, 4) is 11.4 Å². The highest BCUT2D eigenvalue weighted by atomic mass is 35.5. The summed E-state index contributed by atoms with van der Waals surface area (Å²) in [4.78, 5) is 12.5. The van der Waals surface area contributed by atoms with Gasteiger partial charge in [-0.1, -0.05) is 62.4 Å². The summed E-state index contributed by atoms with van der Waals surface area (Å²) in [5.74, 6) is 0.642. The molecule has 3 rings (SSSR count). The number of carbonyl (C=O) groups excluding carboxylic acids is 1. The van der Waals surface area contributed by atoms with Gasteiger partial charge in [-0.25, -0.2) is 13.6 Å². The Kier molecular flexibility index (Phi) is 10.1. The predicted octanol–water partition coefficient (Wildman–Crippen LogP) is 5.34. The molecule has 0 radical (unpaired) electrons. The number of primary sulfonamides is 1. The highest BCUT2D eigenvalue weighted by Gasteiger charge is 2.16. The van der Waals surface area contributed by atoms with Crippen LogP contribution >= 0.6 is 23.4 Å². The molecule has 1 aromatic heterocycles. The van der Waals surface area contributed by atoms with Crippen molar-refractivity contribution in [2.75, 3.05) is 11.1 Å². The second-order valence-electron chi connectivity index (χ2n) is 8.14. The summed E-state index contributed by atoms with van der Waals surface area (Å²) in [5, 5.41) is 17.9. The Morgan fingerprint density at radius 2 is 1.66 bits per heavy atom. The number of hydrogen-bond acceptors (Lipinski definition) is 6. The maximum Gasteiger partial charge on any atom is 0.238 e. The van der Waals surface area contributed by atoms with E-state index in [2.05, 4.69) is 27.0 Å². The van der Waals surface area contributed by atoms with Crippen LogP contribution in [-0.2, 0) is 21.4 Å². The molecule has 0 aliphatic rings. The molecule has 0 bridgehead atoms. The first-order valence-electron chi connectivity index (χ1n) is 11.5. The predicted molar refractivity (Wildman–Crippen MR) is 141 cm³/mol. The van der Waals surface area contributed by atoms with Crippen LogP contribution in [0.1, 0.15) is 45.4 Å². The number of hydrogen-bond donors (Lipinski definition) is 2. The summed E-state index contributed by atoms with van der Waals surface area (Å²) < 4.78 is 24.8. The smallest absolute Gasteiger partial charge is 0.238 e. The number of sulfonamides is 1. The normalized spacial score (nSPS) is 11.5. The summed E-state index contributed by atoms with van der Waals surface area (Å²) >= 11 is 7.35. The van der Waals surface area contributed by atoms with Crippen LogP contribution in [0.25, 0.3) is 11.4 Å². The van der Waals surface area contributed by atoms with E-state index in [-0.39, 0.29) is 16.6 Å². The Balaban J connectivity index is 1.65. The fourth-order valence-corrected chi connectivity index (χ4v) is 4.92. The first-order valence-corrected chi connectivity index (χ1v) is 14.4. The zero-order valence-corrected chi connectivity index (χ0v) is 22.0. The molecule has 0 unspecified atom stereocenters. The summed E-state index contributed by atoms with van der Waals surface area (Å²) in [5.41, 5.74) is 1.40. The van der Waals surface area contributed by atoms with Crippen LogP contribution in [0.3, 0.4) is 0 Å². The number of nitrogens with zero attached hydrogens (tertiary/aromatic N) is 3. The van der Waals surface area contributed by atoms with Crippen molar-refractivity contribution in [3.05, 3.63) is 53.6 Å². The summed E-state index contributed by atoms with van der Waals surface area (Å²) in [6, 6.07) is 13.2. The van der Waals surface area contributed by atoms with Crippen molar-refractivity contribution >= 4 is 45.0 Å². The Bertz CT molecular complexity index is 1210. The van der Waals surface area contributed by atoms with Crippen molar-refractivity contribution in [3.63, 3.8) is 0 Å². The van der Waals surface area contributed by atoms with E-state index in [1.807, 2.05) is 24.3 Å². The second kappa shape index (κ2) is 13.1. The molecule has 35 heavy (non-hydrogen) atoms. The largest absolute Gasteiger partial charge is 0.325 e. The molecule has 188 valence electrons. The zero-order chi connectivity index (χ0) is 25.3. The molecule has 0 spiro atoms. The fraction of sp³-hybridized carbons (Fsp3) is 0.375. The van der Waals surface area contributed by atoms with Gasteiger partial charge in [-0.2, -0.15) is 0 Å². The van der Waals surface area contributed by atoms with E-state index in [0.717, 1.165) is 30.8 Å². The zero-order valence-electron chi connectivity index (χ0n) is 19.6. The van der Waals surface area contributed by atoms with Crippen LogP contribution in [0.2, 0.25) is 5.02 Å². The molecule has 8 nitrogen and oxygen atoms in total. The van der Waals surface area contributed by atoms with E-state index < -0.39 is 10.0 Å². The highest BCUT2D eigenvalue weighted by molar-refractivity contribution is 7.99. The third kappa shape index (κ3) is 8.34. The standard InChI is InChI=1S/C24H30ClN5O3S2/c1-2-3-4-5-6-7-16-30-23(18-8-10-19(25)11-9-18)28-29-24(30)34-17-22(31)27-20-12-14-21(15-13-20)35(26,32)33/h8-15H,2-7,16-17H2,1H3,(H,27,31)(H2,26,32,33). The lowest BCUT2D eigenvalue weighted by atomic mass is 10.1. The minimum absolute atomic E-state index is 0.0117. The molecule has 0 fully saturated rings. The third-order valence-electron chi connectivity index (χ3n) is 5.35. The van der Waals surface area contributed by atoms with E-state index in [4.69, 9.17) is 16.7 Å². The van der Waals surface area contributed by atoms with E-state index >= 15 is 0 Å². The van der Waals surface area contributed by atoms with Gasteiger partial charge >= 0.3 is 0 Å². The summed E-state index contributed by atoms with van der Waals surface area (Å²) in [6.45, 7) is 2.96. The Morgan fingerprint density at radius 3 is 2.31 bits per heavy atom. The minimum atomic E-state index is -3.78. The molecule has 1 amide bonds. The molecule has 2 aromatic carbocycles. The topological polar surface area (TPSA) is 120 Å². The molecular weight excluding hydrogens is 506 g/mol. The van der Waals surface area contributed by atoms with Gasteiger partial charge in [0, 0.05) is 22.8 Å². The van der Waals surface area contributed by atoms with E-state index in [1.54, 1.807) is 0 Å². The molecule has 0 saturated carbocycles. The number of benzene rings is 2. The van der Waals surface area contributed by atoms with Crippen molar-refractivity contribution in [2.45, 2.75) is 62.0 Å². The highest BCUT2D eigenvalue weighted by Crippen LogP contribution is 2.26. The average molecular weight is 536 g/mol. The van der Waals surface area contributed by atoms with Crippen LogP contribution < -0.4 is 10.5 Å². The first kappa shape index (κ1) is 27.2. The monoisotopic (exact) mass is 535 g/mol. The van der Waals surface area contributed by atoms with Gasteiger partial charge in [-0.15, -0.1) is 10.2 Å². The third-order valence-corrected chi connectivity index (χ3v) is 7.50. The Hall–Kier alpha value is -2.40. The molecule has 3 N–H and O–H groups in total. The number of halogens is 1. The number of anilines is 1. The van der Waals surface area contributed by atoms with Gasteiger partial charge in [0.25, 0.3) is 0 Å². The van der Waals surface area contributed by atoms with E-state index in [1.165, 1.54) is 61.7 Å². The number of carbonyl (C=O) groups is 1. The molecule has 0 atom stereocenters. The quantitative estimate of drug-likeness (QED) is 0.225.